The Morgan fingerprint density at radius 3 is 1.73 bits per heavy atom. The first-order valence-electron chi connectivity index (χ1n) is 4.17. The molecule has 1 atom stereocenters. The highest BCUT2D eigenvalue weighted by molar-refractivity contribution is 4.79. The lowest BCUT2D eigenvalue weighted by atomic mass is 9.74. The lowest BCUT2D eigenvalue weighted by Crippen LogP contribution is -2.34. The Hall–Kier alpha value is -0.0800. The fourth-order valence-corrected chi connectivity index (χ4v) is 1.48. The molecule has 0 aromatic carbocycles. The molecule has 2 N–H and O–H groups in total. The van der Waals surface area contributed by atoms with Gasteiger partial charge in [0.1, 0.15) is 0 Å². The summed E-state index contributed by atoms with van der Waals surface area (Å²) in [7, 11) is 0. The molecule has 0 aromatic rings. The van der Waals surface area contributed by atoms with Gasteiger partial charge in [-0.15, -0.1) is 0 Å². The second kappa shape index (κ2) is 4.07. The molecule has 0 unspecified atom stereocenters. The van der Waals surface area contributed by atoms with Crippen LogP contribution in [0.5, 0.6) is 0 Å². The van der Waals surface area contributed by atoms with Crippen LogP contribution in [-0.4, -0.2) is 23.4 Å². The SMILES string of the molecule is CC(C)[C@@H](CO)C(C)(C)CO. The molecule has 0 heterocycles. The van der Waals surface area contributed by atoms with Crippen LogP contribution in [0.15, 0.2) is 0 Å². The zero-order valence-corrected chi connectivity index (χ0v) is 7.96. The summed E-state index contributed by atoms with van der Waals surface area (Å²) in [6.45, 7) is 8.39. The van der Waals surface area contributed by atoms with Crippen LogP contribution in [0.3, 0.4) is 0 Å². The van der Waals surface area contributed by atoms with Crippen molar-refractivity contribution in [2.24, 2.45) is 17.3 Å². The molecule has 0 amide bonds. The van der Waals surface area contributed by atoms with Crippen LogP contribution in [0.1, 0.15) is 27.7 Å². The van der Waals surface area contributed by atoms with Crippen LogP contribution >= 0.6 is 0 Å². The first-order chi connectivity index (χ1) is 4.95. The minimum atomic E-state index is -0.164. The Morgan fingerprint density at radius 2 is 1.64 bits per heavy atom. The Balaban J connectivity index is 4.23. The van der Waals surface area contributed by atoms with E-state index in [0.29, 0.717) is 5.92 Å². The maximum atomic E-state index is 9.05. The molecule has 0 aliphatic carbocycles. The van der Waals surface area contributed by atoms with Crippen LogP contribution in [-0.2, 0) is 0 Å². The van der Waals surface area contributed by atoms with Crippen molar-refractivity contribution in [1.29, 1.82) is 0 Å². The van der Waals surface area contributed by atoms with E-state index in [-0.39, 0.29) is 24.5 Å². The lowest BCUT2D eigenvalue weighted by Gasteiger charge is -2.34. The minimum Gasteiger partial charge on any atom is -0.396 e. The number of aliphatic hydroxyl groups excluding tert-OH is 2. The van der Waals surface area contributed by atoms with Crippen molar-refractivity contribution in [2.45, 2.75) is 27.7 Å². The van der Waals surface area contributed by atoms with E-state index in [1.54, 1.807) is 0 Å². The summed E-state index contributed by atoms with van der Waals surface area (Å²) in [5, 5.41) is 18.1. The zero-order valence-electron chi connectivity index (χ0n) is 7.96. The van der Waals surface area contributed by atoms with Gasteiger partial charge in [-0.25, -0.2) is 0 Å². The summed E-state index contributed by atoms with van der Waals surface area (Å²) in [4.78, 5) is 0. The first kappa shape index (κ1) is 10.9. The Labute approximate surface area is 69.2 Å². The van der Waals surface area contributed by atoms with Gasteiger partial charge in [-0.2, -0.15) is 0 Å². The fraction of sp³-hybridized carbons (Fsp3) is 1.00. The van der Waals surface area contributed by atoms with Crippen molar-refractivity contribution in [3.63, 3.8) is 0 Å². The largest absolute Gasteiger partial charge is 0.396 e. The predicted molar refractivity (Wildman–Crippen MR) is 46.3 cm³/mol. The topological polar surface area (TPSA) is 40.5 Å². The third kappa shape index (κ3) is 2.80. The first-order valence-corrected chi connectivity index (χ1v) is 4.17. The summed E-state index contributed by atoms with van der Waals surface area (Å²) in [6.07, 6.45) is 0. The van der Waals surface area contributed by atoms with Gasteiger partial charge in [-0.05, 0) is 17.3 Å². The highest BCUT2D eigenvalue weighted by Gasteiger charge is 2.30. The van der Waals surface area contributed by atoms with E-state index in [2.05, 4.69) is 13.8 Å². The van der Waals surface area contributed by atoms with Crippen molar-refractivity contribution in [3.05, 3.63) is 0 Å². The molecule has 0 spiro atoms. The molecule has 0 aliphatic heterocycles. The number of hydrogen-bond acceptors (Lipinski definition) is 2. The maximum Gasteiger partial charge on any atom is 0.0485 e. The summed E-state index contributed by atoms with van der Waals surface area (Å²) in [5.74, 6) is 0.606. The molecule has 0 bridgehead atoms. The van der Waals surface area contributed by atoms with Crippen LogP contribution in [0.4, 0.5) is 0 Å². The molecular weight excluding hydrogens is 140 g/mol. The van der Waals surface area contributed by atoms with E-state index >= 15 is 0 Å². The predicted octanol–water partition coefficient (Wildman–Crippen LogP) is 1.27. The second-order valence-corrected chi connectivity index (χ2v) is 4.18. The highest BCUT2D eigenvalue weighted by atomic mass is 16.3. The van der Waals surface area contributed by atoms with Crippen molar-refractivity contribution < 1.29 is 10.2 Å². The van der Waals surface area contributed by atoms with E-state index in [0.717, 1.165) is 0 Å². The molecule has 0 aliphatic rings. The summed E-state index contributed by atoms with van der Waals surface area (Å²) in [6, 6.07) is 0. The molecule has 11 heavy (non-hydrogen) atoms. The van der Waals surface area contributed by atoms with E-state index in [1.807, 2.05) is 13.8 Å². The number of aliphatic hydroxyl groups is 2. The molecule has 2 heteroatoms. The Kier molecular flexibility index (Phi) is 4.04. The van der Waals surface area contributed by atoms with Crippen LogP contribution in [0.2, 0.25) is 0 Å². The van der Waals surface area contributed by atoms with E-state index in [4.69, 9.17) is 10.2 Å². The van der Waals surface area contributed by atoms with E-state index in [1.165, 1.54) is 0 Å². The monoisotopic (exact) mass is 160 g/mol. The average Bonchev–Trinajstić information content (AvgIpc) is 1.88. The second-order valence-electron chi connectivity index (χ2n) is 4.18. The van der Waals surface area contributed by atoms with Crippen molar-refractivity contribution in [2.75, 3.05) is 13.2 Å². The van der Waals surface area contributed by atoms with Crippen molar-refractivity contribution >= 4 is 0 Å². The van der Waals surface area contributed by atoms with Gasteiger partial charge in [-0.1, -0.05) is 27.7 Å². The van der Waals surface area contributed by atoms with Gasteiger partial charge >= 0.3 is 0 Å². The molecule has 0 rings (SSSR count). The molecule has 0 saturated heterocycles. The third-order valence-corrected chi connectivity index (χ3v) is 2.41. The summed E-state index contributed by atoms with van der Waals surface area (Å²) < 4.78 is 0. The molecular formula is C9H20O2. The number of hydrogen-bond donors (Lipinski definition) is 2. The molecule has 2 nitrogen and oxygen atoms in total. The fourth-order valence-electron chi connectivity index (χ4n) is 1.48. The van der Waals surface area contributed by atoms with Gasteiger partial charge in [-0.3, -0.25) is 0 Å². The highest BCUT2D eigenvalue weighted by Crippen LogP contribution is 2.31. The molecule has 0 aromatic heterocycles. The van der Waals surface area contributed by atoms with Gasteiger partial charge in [0.25, 0.3) is 0 Å². The third-order valence-electron chi connectivity index (χ3n) is 2.41. The van der Waals surface area contributed by atoms with Crippen LogP contribution in [0.25, 0.3) is 0 Å². The summed E-state index contributed by atoms with van der Waals surface area (Å²) >= 11 is 0. The molecule has 0 saturated carbocycles. The number of rotatable bonds is 4. The molecule has 0 radical (unpaired) electrons. The van der Waals surface area contributed by atoms with Gasteiger partial charge in [0.05, 0.1) is 0 Å². The minimum absolute atomic E-state index is 0.135. The molecule has 0 fully saturated rings. The van der Waals surface area contributed by atoms with Crippen LogP contribution < -0.4 is 0 Å². The van der Waals surface area contributed by atoms with Crippen LogP contribution in [0, 0.1) is 17.3 Å². The lowest BCUT2D eigenvalue weighted by molar-refractivity contribution is 0.0301. The quantitative estimate of drug-likeness (QED) is 0.650. The van der Waals surface area contributed by atoms with E-state index in [9.17, 15) is 0 Å². The van der Waals surface area contributed by atoms with E-state index < -0.39 is 0 Å². The zero-order chi connectivity index (χ0) is 9.07. The van der Waals surface area contributed by atoms with Crippen molar-refractivity contribution in [3.8, 4) is 0 Å². The smallest absolute Gasteiger partial charge is 0.0485 e. The Bertz CT molecular complexity index is 108. The molecule has 68 valence electrons. The van der Waals surface area contributed by atoms with Crippen molar-refractivity contribution in [1.82, 2.24) is 0 Å². The normalized spacial score (nSPS) is 15.5. The average molecular weight is 160 g/mol. The maximum absolute atomic E-state index is 9.05. The van der Waals surface area contributed by atoms with Gasteiger partial charge in [0.15, 0.2) is 0 Å². The van der Waals surface area contributed by atoms with Gasteiger partial charge in [0.2, 0.25) is 0 Å². The summed E-state index contributed by atoms with van der Waals surface area (Å²) in [5.41, 5.74) is -0.164. The standard InChI is InChI=1S/C9H20O2/c1-7(2)8(5-10)9(3,4)6-11/h7-8,10-11H,5-6H2,1-4H3/t8-/m1/s1. The van der Waals surface area contributed by atoms with Gasteiger partial charge < -0.3 is 10.2 Å². The Morgan fingerprint density at radius 1 is 1.18 bits per heavy atom. The van der Waals surface area contributed by atoms with Gasteiger partial charge in [0, 0.05) is 13.2 Å².